The lowest BCUT2D eigenvalue weighted by Crippen LogP contribution is -2.53. The van der Waals surface area contributed by atoms with Crippen LogP contribution in [-0.2, 0) is 29.4 Å². The standard InChI is InChI=1S/C29H33ClF3N9O3Si/c1-40-24-23(30)20(45-19-7-17-11-36-41(26(17)35-12-19)16-43-5-6-46(2,3)4)13-34-25(24)38-27(40)37-22-8-21(29(31,32)33)42(39-22)18-9-28(10-18)14-44-15-28/h7-8,11-13,18H,5-6,9-10,14-16H2,1-4H3,(H,34,37,38,39). The molecular formula is C29H33ClF3N9O3Si. The van der Waals surface area contributed by atoms with Crippen LogP contribution in [0.5, 0.6) is 11.5 Å². The Morgan fingerprint density at radius 1 is 1.13 bits per heavy atom. The number of ether oxygens (including phenoxy) is 3. The molecule has 1 aliphatic heterocycles. The molecule has 0 atom stereocenters. The van der Waals surface area contributed by atoms with E-state index in [-0.39, 0.29) is 39.6 Å². The highest BCUT2D eigenvalue weighted by atomic mass is 35.5. The van der Waals surface area contributed by atoms with E-state index < -0.39 is 19.9 Å². The average molecular weight is 676 g/mol. The molecule has 6 heterocycles. The molecule has 12 nitrogen and oxygen atoms in total. The lowest BCUT2D eigenvalue weighted by molar-refractivity contribution is -0.182. The maximum atomic E-state index is 13.9. The monoisotopic (exact) mass is 675 g/mol. The zero-order chi connectivity index (χ0) is 32.4. The SMILES string of the molecule is Cn1c(Nc2cc(C(F)(F)F)n(C3CC4(COC4)C3)n2)nc2ncc(Oc3cnc4c(cnn4COCC[Si](C)(C)C)c3)c(Cl)c21. The molecule has 17 heteroatoms. The van der Waals surface area contributed by atoms with E-state index in [1.807, 2.05) is 0 Å². The third kappa shape index (κ3) is 5.82. The van der Waals surface area contributed by atoms with E-state index in [0.29, 0.717) is 56.3 Å². The molecule has 0 radical (unpaired) electrons. The Morgan fingerprint density at radius 2 is 1.91 bits per heavy atom. The van der Waals surface area contributed by atoms with Crippen molar-refractivity contribution in [2.45, 2.75) is 57.5 Å². The highest BCUT2D eigenvalue weighted by Gasteiger charge is 2.52. The van der Waals surface area contributed by atoms with E-state index in [9.17, 15) is 13.2 Å². The second kappa shape index (κ2) is 11.2. The molecule has 1 spiro atoms. The summed E-state index contributed by atoms with van der Waals surface area (Å²) in [6.45, 7) is 9.05. The Hall–Kier alpha value is -3.73. The molecule has 0 unspecified atom stereocenters. The molecule has 1 saturated carbocycles. The molecule has 5 aromatic rings. The average Bonchev–Trinajstić information content (AvgIpc) is 3.62. The lowest BCUT2D eigenvalue weighted by Gasteiger charge is -2.53. The van der Waals surface area contributed by atoms with Gasteiger partial charge in [-0.05, 0) is 25.0 Å². The van der Waals surface area contributed by atoms with Gasteiger partial charge in [-0.2, -0.15) is 28.4 Å². The van der Waals surface area contributed by atoms with Gasteiger partial charge in [-0.1, -0.05) is 31.2 Å². The maximum absolute atomic E-state index is 13.9. The normalized spacial score (nSPS) is 16.7. The van der Waals surface area contributed by atoms with Gasteiger partial charge in [0, 0.05) is 38.6 Å². The van der Waals surface area contributed by atoms with Crippen molar-refractivity contribution < 1.29 is 27.4 Å². The Balaban J connectivity index is 1.08. The third-order valence-corrected chi connectivity index (χ3v) is 10.5. The molecule has 5 aromatic heterocycles. The van der Waals surface area contributed by atoms with Crippen molar-refractivity contribution in [3.05, 3.63) is 41.4 Å². The molecule has 1 aliphatic carbocycles. The van der Waals surface area contributed by atoms with E-state index in [4.69, 9.17) is 25.8 Å². The maximum Gasteiger partial charge on any atom is 0.433 e. The third-order valence-electron chi connectivity index (χ3n) is 8.46. The zero-order valence-electron chi connectivity index (χ0n) is 25.7. The van der Waals surface area contributed by atoms with Crippen molar-refractivity contribution in [3.8, 4) is 11.5 Å². The molecule has 1 N–H and O–H groups in total. The van der Waals surface area contributed by atoms with Crippen LogP contribution >= 0.6 is 11.6 Å². The smallest absolute Gasteiger partial charge is 0.433 e. The van der Waals surface area contributed by atoms with E-state index in [2.05, 4.69) is 50.1 Å². The second-order valence-corrected chi connectivity index (χ2v) is 19.3. The predicted molar refractivity (Wildman–Crippen MR) is 167 cm³/mol. The summed E-state index contributed by atoms with van der Waals surface area (Å²) in [7, 11) is 0.487. The first-order chi connectivity index (χ1) is 21.8. The van der Waals surface area contributed by atoms with Gasteiger partial charge in [0.1, 0.15) is 28.7 Å². The van der Waals surface area contributed by atoms with Crippen molar-refractivity contribution >= 4 is 53.6 Å². The van der Waals surface area contributed by atoms with Gasteiger partial charge in [0.15, 0.2) is 22.9 Å². The van der Waals surface area contributed by atoms with Crippen LogP contribution in [0.1, 0.15) is 24.6 Å². The van der Waals surface area contributed by atoms with Gasteiger partial charge in [-0.25, -0.2) is 14.6 Å². The van der Waals surface area contributed by atoms with E-state index in [1.54, 1.807) is 34.8 Å². The predicted octanol–water partition coefficient (Wildman–Crippen LogP) is 6.78. The molecule has 46 heavy (non-hydrogen) atoms. The number of pyridine rings is 2. The van der Waals surface area contributed by atoms with Gasteiger partial charge in [0.25, 0.3) is 0 Å². The van der Waals surface area contributed by atoms with E-state index in [0.717, 1.165) is 22.2 Å². The van der Waals surface area contributed by atoms with Crippen molar-refractivity contribution in [2.75, 3.05) is 25.1 Å². The number of rotatable bonds is 10. The summed E-state index contributed by atoms with van der Waals surface area (Å²) in [5, 5.41) is 12.6. The zero-order valence-corrected chi connectivity index (χ0v) is 27.5. The van der Waals surface area contributed by atoms with Gasteiger partial charge in [0.2, 0.25) is 5.95 Å². The Kier molecular flexibility index (Phi) is 7.53. The summed E-state index contributed by atoms with van der Waals surface area (Å²) in [6.07, 6.45) is 1.33. The summed E-state index contributed by atoms with van der Waals surface area (Å²) in [6, 6.07) is 3.51. The highest BCUT2D eigenvalue weighted by Crippen LogP contribution is 2.54. The topological polar surface area (TPSA) is 119 Å². The van der Waals surface area contributed by atoms with Crippen LogP contribution in [0.15, 0.2) is 30.7 Å². The van der Waals surface area contributed by atoms with Gasteiger partial charge in [-0.15, -0.1) is 0 Å². The molecule has 0 bridgehead atoms. The van der Waals surface area contributed by atoms with E-state index >= 15 is 0 Å². The largest absolute Gasteiger partial charge is 0.452 e. The minimum absolute atomic E-state index is 0.0156. The first kappa shape index (κ1) is 30.9. The molecule has 2 aliphatic rings. The van der Waals surface area contributed by atoms with Crippen LogP contribution < -0.4 is 10.1 Å². The molecule has 244 valence electrons. The van der Waals surface area contributed by atoms with Crippen molar-refractivity contribution in [3.63, 3.8) is 0 Å². The van der Waals surface area contributed by atoms with Crippen LogP contribution in [0.3, 0.4) is 0 Å². The molecule has 0 amide bonds. The number of aromatic nitrogens is 8. The number of anilines is 2. The number of imidazole rings is 1. The minimum Gasteiger partial charge on any atom is -0.452 e. The highest BCUT2D eigenvalue weighted by molar-refractivity contribution is 6.76. The van der Waals surface area contributed by atoms with Crippen LogP contribution in [-0.4, -0.2) is 67.0 Å². The fourth-order valence-corrected chi connectivity index (χ4v) is 6.91. The van der Waals surface area contributed by atoms with Crippen LogP contribution in [0.4, 0.5) is 24.9 Å². The molecule has 7 rings (SSSR count). The summed E-state index contributed by atoms with van der Waals surface area (Å²) in [4.78, 5) is 13.3. The first-order valence-corrected chi connectivity index (χ1v) is 19.0. The summed E-state index contributed by atoms with van der Waals surface area (Å²) in [5.74, 6) is 0.923. The van der Waals surface area contributed by atoms with Crippen molar-refractivity contribution in [1.82, 2.24) is 39.1 Å². The van der Waals surface area contributed by atoms with E-state index in [1.165, 1.54) is 6.20 Å². The number of hydrogen-bond acceptors (Lipinski definition) is 9. The first-order valence-electron chi connectivity index (χ1n) is 14.9. The number of nitrogens with zero attached hydrogens (tertiary/aromatic N) is 8. The number of hydrogen-bond donors (Lipinski definition) is 1. The number of nitrogens with one attached hydrogen (secondary N) is 1. The molecule has 0 aromatic carbocycles. The van der Waals surface area contributed by atoms with Gasteiger partial charge in [-0.3, -0.25) is 4.68 Å². The summed E-state index contributed by atoms with van der Waals surface area (Å²) in [5.41, 5.74) is 0.546. The van der Waals surface area contributed by atoms with Crippen molar-refractivity contribution in [1.29, 1.82) is 0 Å². The number of halogens is 4. The minimum atomic E-state index is -4.56. The quantitative estimate of drug-likeness (QED) is 0.126. The molecular weight excluding hydrogens is 643 g/mol. The summed E-state index contributed by atoms with van der Waals surface area (Å²) < 4.78 is 63.3. The Bertz CT molecular complexity index is 1920. The van der Waals surface area contributed by atoms with Gasteiger partial charge < -0.3 is 24.1 Å². The van der Waals surface area contributed by atoms with Crippen LogP contribution in [0.2, 0.25) is 30.7 Å². The lowest BCUT2D eigenvalue weighted by atomic mass is 9.64. The number of alkyl halides is 3. The molecule has 2 fully saturated rings. The summed E-state index contributed by atoms with van der Waals surface area (Å²) >= 11 is 6.76. The van der Waals surface area contributed by atoms with Gasteiger partial charge in [0.05, 0.1) is 37.8 Å². The number of fused-ring (bicyclic) bond motifs is 2. The molecule has 1 saturated heterocycles. The van der Waals surface area contributed by atoms with Crippen LogP contribution in [0, 0.1) is 5.41 Å². The van der Waals surface area contributed by atoms with Gasteiger partial charge >= 0.3 is 6.18 Å². The fraction of sp³-hybridized carbons (Fsp3) is 0.483. The Morgan fingerprint density at radius 3 is 2.61 bits per heavy atom. The van der Waals surface area contributed by atoms with Crippen molar-refractivity contribution in [2.24, 2.45) is 12.5 Å². The Labute approximate surface area is 267 Å². The fourth-order valence-electron chi connectivity index (χ4n) is 5.85. The second-order valence-electron chi connectivity index (χ2n) is 13.3. The van der Waals surface area contributed by atoms with Crippen LogP contribution in [0.25, 0.3) is 22.2 Å². The number of aryl methyl sites for hydroxylation is 1.